The van der Waals surface area contributed by atoms with Crippen molar-refractivity contribution in [1.82, 2.24) is 15.1 Å². The zero-order chi connectivity index (χ0) is 16.7. The van der Waals surface area contributed by atoms with Crippen molar-refractivity contribution in [3.63, 3.8) is 0 Å². The highest BCUT2D eigenvalue weighted by Crippen LogP contribution is 2.11. The van der Waals surface area contributed by atoms with E-state index >= 15 is 0 Å². The van der Waals surface area contributed by atoms with Crippen LogP contribution in [0, 0.1) is 0 Å². The number of β-amino-alcohol motifs (C(OH)–C–C–N with tert-alkyl or cyclic N) is 1. The minimum Gasteiger partial charge on any atom is -0.497 e. The molecule has 1 atom stereocenters. The van der Waals surface area contributed by atoms with Crippen molar-refractivity contribution in [2.45, 2.75) is 19.4 Å². The van der Waals surface area contributed by atoms with Crippen molar-refractivity contribution in [3.8, 4) is 5.75 Å². The van der Waals surface area contributed by atoms with Crippen LogP contribution in [-0.2, 0) is 6.42 Å². The molecule has 0 bridgehead atoms. The summed E-state index contributed by atoms with van der Waals surface area (Å²) in [6.07, 6.45) is 0.484. The average molecular weight is 321 g/mol. The molecular formula is C17H27N3O3. The Morgan fingerprint density at radius 3 is 2.48 bits per heavy atom. The van der Waals surface area contributed by atoms with Gasteiger partial charge in [0.25, 0.3) is 0 Å². The summed E-state index contributed by atoms with van der Waals surface area (Å²) in [5.74, 6) is 0.841. The van der Waals surface area contributed by atoms with Crippen LogP contribution in [0.15, 0.2) is 24.3 Å². The van der Waals surface area contributed by atoms with E-state index < -0.39 is 0 Å². The molecule has 1 saturated heterocycles. The number of urea groups is 1. The molecule has 6 nitrogen and oxygen atoms in total. The van der Waals surface area contributed by atoms with Gasteiger partial charge in [-0.2, -0.15) is 0 Å². The first-order valence-corrected chi connectivity index (χ1v) is 8.14. The topological polar surface area (TPSA) is 65.0 Å². The van der Waals surface area contributed by atoms with E-state index in [1.807, 2.05) is 29.2 Å². The first kappa shape index (κ1) is 17.6. The molecule has 0 radical (unpaired) electrons. The highest BCUT2D eigenvalue weighted by Gasteiger charge is 2.21. The van der Waals surface area contributed by atoms with Gasteiger partial charge in [-0.05, 0) is 31.0 Å². The largest absolute Gasteiger partial charge is 0.497 e. The van der Waals surface area contributed by atoms with Crippen LogP contribution in [0.2, 0.25) is 0 Å². The summed E-state index contributed by atoms with van der Waals surface area (Å²) in [6.45, 7) is 6.14. The van der Waals surface area contributed by atoms with Crippen LogP contribution >= 0.6 is 0 Å². The Labute approximate surface area is 138 Å². The number of carbonyl (C=O) groups is 1. The maximum atomic E-state index is 12.1. The predicted octanol–water partition coefficient (Wildman–Crippen LogP) is 0.946. The van der Waals surface area contributed by atoms with Gasteiger partial charge in [-0.1, -0.05) is 12.1 Å². The molecule has 2 N–H and O–H groups in total. The molecule has 0 spiro atoms. The van der Waals surface area contributed by atoms with Gasteiger partial charge in [-0.25, -0.2) is 4.79 Å². The molecule has 2 rings (SSSR count). The molecule has 6 heteroatoms. The van der Waals surface area contributed by atoms with Gasteiger partial charge < -0.3 is 20.1 Å². The maximum absolute atomic E-state index is 12.1. The van der Waals surface area contributed by atoms with E-state index in [-0.39, 0.29) is 12.1 Å². The number of benzene rings is 1. The van der Waals surface area contributed by atoms with Gasteiger partial charge in [0.05, 0.1) is 13.2 Å². The molecule has 1 aromatic rings. The number of rotatable bonds is 6. The molecule has 128 valence electrons. The van der Waals surface area contributed by atoms with Crippen LogP contribution in [0.4, 0.5) is 4.79 Å². The van der Waals surface area contributed by atoms with Crippen molar-refractivity contribution in [1.29, 1.82) is 0 Å². The van der Waals surface area contributed by atoms with Gasteiger partial charge in [0, 0.05) is 39.3 Å². The second-order valence-electron chi connectivity index (χ2n) is 5.97. The number of ether oxygens (including phenoxy) is 1. The zero-order valence-electron chi connectivity index (χ0n) is 14.0. The van der Waals surface area contributed by atoms with E-state index in [0.29, 0.717) is 26.2 Å². The van der Waals surface area contributed by atoms with E-state index in [4.69, 9.17) is 4.74 Å². The molecule has 1 aliphatic heterocycles. The Bertz CT molecular complexity index is 482. The first-order chi connectivity index (χ1) is 11.1. The van der Waals surface area contributed by atoms with Crippen LogP contribution in [0.3, 0.4) is 0 Å². The Morgan fingerprint density at radius 1 is 1.26 bits per heavy atom. The van der Waals surface area contributed by atoms with Gasteiger partial charge in [0.2, 0.25) is 0 Å². The standard InChI is InChI=1S/C17H27N3O3/c1-14(21)13-19-9-11-20(12-10-19)17(22)18-8-7-15-3-5-16(23-2)6-4-15/h3-6,14,21H,7-13H2,1-2H3,(H,18,22)/t14-/m1/s1. The third-order valence-corrected chi connectivity index (χ3v) is 4.03. The Hall–Kier alpha value is -1.79. The molecule has 2 amide bonds. The van der Waals surface area contributed by atoms with E-state index in [2.05, 4.69) is 10.2 Å². The number of amides is 2. The summed E-state index contributed by atoms with van der Waals surface area (Å²) in [5.41, 5.74) is 1.17. The number of nitrogens with one attached hydrogen (secondary N) is 1. The summed E-state index contributed by atoms with van der Waals surface area (Å²) in [7, 11) is 1.65. The smallest absolute Gasteiger partial charge is 0.317 e. The lowest BCUT2D eigenvalue weighted by Gasteiger charge is -2.35. The number of hydrogen-bond acceptors (Lipinski definition) is 4. The first-order valence-electron chi connectivity index (χ1n) is 8.14. The number of nitrogens with zero attached hydrogens (tertiary/aromatic N) is 2. The molecule has 0 saturated carbocycles. The van der Waals surface area contributed by atoms with Gasteiger partial charge in [-0.3, -0.25) is 4.90 Å². The predicted molar refractivity (Wildman–Crippen MR) is 89.8 cm³/mol. The van der Waals surface area contributed by atoms with Gasteiger partial charge in [-0.15, -0.1) is 0 Å². The summed E-state index contributed by atoms with van der Waals surface area (Å²) in [4.78, 5) is 16.2. The van der Waals surface area contributed by atoms with Crippen LogP contribution in [-0.4, -0.2) is 73.4 Å². The second kappa shape index (κ2) is 8.74. The number of hydrogen-bond donors (Lipinski definition) is 2. The van der Waals surface area contributed by atoms with Crippen LogP contribution in [0.1, 0.15) is 12.5 Å². The minimum absolute atomic E-state index is 0.00444. The fourth-order valence-corrected chi connectivity index (χ4v) is 2.72. The number of aliphatic hydroxyl groups is 1. The van der Waals surface area contributed by atoms with E-state index in [0.717, 1.165) is 25.3 Å². The van der Waals surface area contributed by atoms with Gasteiger partial charge in [0.15, 0.2) is 0 Å². The number of aliphatic hydroxyl groups excluding tert-OH is 1. The molecule has 1 fully saturated rings. The maximum Gasteiger partial charge on any atom is 0.317 e. The normalized spacial score (nSPS) is 16.9. The van der Waals surface area contributed by atoms with E-state index in [9.17, 15) is 9.90 Å². The van der Waals surface area contributed by atoms with Crippen LogP contribution in [0.25, 0.3) is 0 Å². The van der Waals surface area contributed by atoms with Crippen molar-refractivity contribution < 1.29 is 14.6 Å². The highest BCUT2D eigenvalue weighted by molar-refractivity contribution is 5.74. The fourth-order valence-electron chi connectivity index (χ4n) is 2.72. The second-order valence-corrected chi connectivity index (χ2v) is 5.97. The monoisotopic (exact) mass is 321 g/mol. The van der Waals surface area contributed by atoms with Crippen LogP contribution in [0.5, 0.6) is 5.75 Å². The molecule has 23 heavy (non-hydrogen) atoms. The number of carbonyl (C=O) groups excluding carboxylic acids is 1. The van der Waals surface area contributed by atoms with Crippen molar-refractivity contribution >= 4 is 6.03 Å². The molecule has 1 aromatic carbocycles. The minimum atomic E-state index is -0.320. The zero-order valence-corrected chi connectivity index (χ0v) is 14.0. The molecule has 0 unspecified atom stereocenters. The summed E-state index contributed by atoms with van der Waals surface area (Å²) in [6, 6.07) is 7.88. The molecular weight excluding hydrogens is 294 g/mol. The third-order valence-electron chi connectivity index (χ3n) is 4.03. The van der Waals surface area contributed by atoms with E-state index in [1.165, 1.54) is 5.56 Å². The SMILES string of the molecule is COc1ccc(CCNC(=O)N2CCN(C[C@@H](C)O)CC2)cc1. The van der Waals surface area contributed by atoms with Gasteiger partial charge in [0.1, 0.15) is 5.75 Å². The average Bonchev–Trinajstić information content (AvgIpc) is 2.55. The fraction of sp³-hybridized carbons (Fsp3) is 0.588. The molecule has 0 aromatic heterocycles. The third kappa shape index (κ3) is 5.73. The lowest BCUT2D eigenvalue weighted by molar-refractivity contribution is 0.0898. The molecule has 1 aliphatic rings. The number of methoxy groups -OCH3 is 1. The quantitative estimate of drug-likeness (QED) is 0.819. The van der Waals surface area contributed by atoms with Gasteiger partial charge >= 0.3 is 6.03 Å². The van der Waals surface area contributed by atoms with Crippen molar-refractivity contribution in [3.05, 3.63) is 29.8 Å². The Morgan fingerprint density at radius 2 is 1.91 bits per heavy atom. The van der Waals surface area contributed by atoms with E-state index in [1.54, 1.807) is 14.0 Å². The number of piperazine rings is 1. The Kier molecular flexibility index (Phi) is 6.67. The lowest BCUT2D eigenvalue weighted by Crippen LogP contribution is -2.53. The van der Waals surface area contributed by atoms with Crippen molar-refractivity contribution in [2.24, 2.45) is 0 Å². The summed E-state index contributed by atoms with van der Waals surface area (Å²) < 4.78 is 5.13. The van der Waals surface area contributed by atoms with Crippen molar-refractivity contribution in [2.75, 3.05) is 46.4 Å². The highest BCUT2D eigenvalue weighted by atomic mass is 16.5. The summed E-state index contributed by atoms with van der Waals surface area (Å²) >= 11 is 0. The lowest BCUT2D eigenvalue weighted by atomic mass is 10.1. The Balaban J connectivity index is 1.67. The molecule has 1 heterocycles. The summed E-state index contributed by atoms with van der Waals surface area (Å²) in [5, 5.41) is 12.4. The molecule has 0 aliphatic carbocycles. The van der Waals surface area contributed by atoms with Crippen LogP contribution < -0.4 is 10.1 Å².